The predicted molar refractivity (Wildman–Crippen MR) is 144 cm³/mol. The van der Waals surface area contributed by atoms with Crippen molar-refractivity contribution in [2.45, 2.75) is 91.0 Å². The first-order chi connectivity index (χ1) is 17.7. The van der Waals surface area contributed by atoms with Crippen molar-refractivity contribution in [2.75, 3.05) is 7.11 Å². The van der Waals surface area contributed by atoms with E-state index in [0.717, 1.165) is 12.8 Å². The number of amides is 1. The Bertz CT molecular complexity index is 1140. The van der Waals surface area contributed by atoms with E-state index in [9.17, 15) is 14.4 Å². The van der Waals surface area contributed by atoms with Crippen LogP contribution in [0.1, 0.15) is 77.2 Å². The van der Waals surface area contributed by atoms with Crippen LogP contribution in [-0.2, 0) is 30.1 Å². The van der Waals surface area contributed by atoms with E-state index in [0.29, 0.717) is 28.7 Å². The van der Waals surface area contributed by atoms with E-state index in [1.807, 2.05) is 26.8 Å². The summed E-state index contributed by atoms with van der Waals surface area (Å²) < 4.78 is 24.4. The molecule has 1 N–H and O–H groups in total. The van der Waals surface area contributed by atoms with Crippen LogP contribution in [0.5, 0.6) is 5.75 Å². The highest BCUT2D eigenvalue weighted by atomic mass is 16.7. The van der Waals surface area contributed by atoms with Crippen molar-refractivity contribution in [1.82, 2.24) is 5.32 Å². The number of carbonyl (C=O) groups is 3. The summed E-state index contributed by atoms with van der Waals surface area (Å²) in [6, 6.07) is 5.27. The molecule has 0 radical (unpaired) electrons. The van der Waals surface area contributed by atoms with Crippen LogP contribution < -0.4 is 10.1 Å². The van der Waals surface area contributed by atoms with Crippen LogP contribution >= 0.6 is 0 Å². The number of nitrogens with one attached hydrogen (secondary N) is 1. The van der Waals surface area contributed by atoms with E-state index in [1.165, 1.54) is 26.2 Å². The van der Waals surface area contributed by atoms with Gasteiger partial charge in [0.05, 0.1) is 24.8 Å². The number of carbonyl (C=O) groups excluding carboxylic acids is 3. The molecule has 0 aromatic heterocycles. The first kappa shape index (κ1) is 28.4. The smallest absolute Gasteiger partial charge is 0.482 e. The summed E-state index contributed by atoms with van der Waals surface area (Å²) in [7, 11) is 0.799. The molecule has 3 saturated carbocycles. The Hall–Kier alpha value is -2.65. The fourth-order valence-electron chi connectivity index (χ4n) is 6.43. The van der Waals surface area contributed by atoms with Crippen molar-refractivity contribution in [3.63, 3.8) is 0 Å². The molecular formula is C29H40BNO7. The summed E-state index contributed by atoms with van der Waals surface area (Å²) in [5.74, 6) is -0.403. The van der Waals surface area contributed by atoms with Gasteiger partial charge in [-0.15, -0.1) is 0 Å². The van der Waals surface area contributed by atoms with E-state index in [-0.39, 0.29) is 23.7 Å². The Kier molecular flexibility index (Phi) is 7.58. The van der Waals surface area contributed by atoms with Gasteiger partial charge in [0.15, 0.2) is 5.78 Å². The lowest BCUT2D eigenvalue weighted by molar-refractivity contribution is -0.199. The highest BCUT2D eigenvalue weighted by molar-refractivity contribution is 6.48. The van der Waals surface area contributed by atoms with E-state index in [2.05, 4.69) is 26.1 Å². The van der Waals surface area contributed by atoms with Gasteiger partial charge in [-0.3, -0.25) is 9.59 Å². The lowest BCUT2D eigenvalue weighted by Crippen LogP contribution is -2.65. The molecule has 5 rings (SSSR count). The zero-order chi connectivity index (χ0) is 28.0. The lowest BCUT2D eigenvalue weighted by Gasteiger charge is -2.64. The summed E-state index contributed by atoms with van der Waals surface area (Å²) in [4.78, 5) is 37.1. The average molecular weight is 525 g/mol. The molecule has 8 nitrogen and oxygen atoms in total. The van der Waals surface area contributed by atoms with Gasteiger partial charge in [-0.05, 0) is 88.8 Å². The van der Waals surface area contributed by atoms with Crippen LogP contribution in [0.25, 0.3) is 0 Å². The van der Waals surface area contributed by atoms with Gasteiger partial charge in [-0.1, -0.05) is 26.0 Å². The fraction of sp³-hybridized carbons (Fsp3) is 0.621. The topological polar surface area (TPSA) is 100 Å². The molecule has 0 spiro atoms. The monoisotopic (exact) mass is 525 g/mol. The highest BCUT2D eigenvalue weighted by Crippen LogP contribution is 2.65. The molecule has 4 fully saturated rings. The number of ether oxygens (including phenoxy) is 2. The van der Waals surface area contributed by atoms with Crippen LogP contribution in [0, 0.1) is 17.3 Å². The molecular weight excluding hydrogens is 485 g/mol. The molecule has 1 aliphatic heterocycles. The normalized spacial score (nSPS) is 28.3. The van der Waals surface area contributed by atoms with Gasteiger partial charge in [0.25, 0.3) is 0 Å². The molecule has 206 valence electrons. The molecule has 1 heterocycles. The highest BCUT2D eigenvalue weighted by Gasteiger charge is 2.68. The molecule has 1 aromatic carbocycles. The Morgan fingerprint density at radius 3 is 2.50 bits per heavy atom. The number of methoxy groups -OCH3 is 1. The van der Waals surface area contributed by atoms with E-state index < -0.39 is 36.1 Å². The van der Waals surface area contributed by atoms with Crippen LogP contribution in [0.3, 0.4) is 0 Å². The molecule has 9 heteroatoms. The second-order valence-electron chi connectivity index (χ2n) is 12.6. The minimum Gasteiger partial charge on any atom is -0.496 e. The second-order valence-corrected chi connectivity index (χ2v) is 12.6. The summed E-state index contributed by atoms with van der Waals surface area (Å²) in [5, 5.41) is 2.98. The number of para-hydroxylation sites is 1. The standard InChI is InChI=1S/C29H40BNO7/c1-17(32)12-13-24(33)31-23(30-37-22-16-19-15-21(28(19,5)6)29(22,7)38-30)14-18-10-9-11-20(25(18)35-8)26(34)36-27(2,3)4/h9-13,19,21-23H,14-16H2,1-8H3,(H,31,33). The van der Waals surface area contributed by atoms with Crippen LogP contribution in [-0.4, -0.2) is 55.1 Å². The summed E-state index contributed by atoms with van der Waals surface area (Å²) in [6.07, 6.45) is 4.69. The number of rotatable bonds is 8. The minimum atomic E-state index is -0.704. The Labute approximate surface area is 225 Å². The van der Waals surface area contributed by atoms with Crippen molar-refractivity contribution < 1.29 is 33.2 Å². The summed E-state index contributed by atoms with van der Waals surface area (Å²) >= 11 is 0. The van der Waals surface area contributed by atoms with Gasteiger partial charge in [-0.2, -0.15) is 0 Å². The van der Waals surface area contributed by atoms with Crippen molar-refractivity contribution in [3.05, 3.63) is 41.5 Å². The van der Waals surface area contributed by atoms with Gasteiger partial charge >= 0.3 is 13.1 Å². The SMILES string of the molecule is COc1c(CC(NC(=O)C=CC(C)=O)B2OC3CC4CC(C4(C)C)C3(C)O2)cccc1C(=O)OC(C)(C)C. The van der Waals surface area contributed by atoms with Crippen LogP contribution in [0.4, 0.5) is 0 Å². The zero-order valence-corrected chi connectivity index (χ0v) is 23.8. The van der Waals surface area contributed by atoms with Crippen molar-refractivity contribution in [1.29, 1.82) is 0 Å². The first-order valence-electron chi connectivity index (χ1n) is 13.4. The molecule has 1 saturated heterocycles. The maximum absolute atomic E-state index is 12.9. The summed E-state index contributed by atoms with van der Waals surface area (Å²) in [5.41, 5.74) is 0.0659. The minimum absolute atomic E-state index is 0.0635. The first-order valence-corrected chi connectivity index (χ1v) is 13.4. The molecule has 1 aromatic rings. The quantitative estimate of drug-likeness (QED) is 0.310. The van der Waals surface area contributed by atoms with Gasteiger partial charge in [0.1, 0.15) is 16.9 Å². The third-order valence-corrected chi connectivity index (χ3v) is 8.45. The van der Waals surface area contributed by atoms with Crippen molar-refractivity contribution in [2.24, 2.45) is 17.3 Å². The van der Waals surface area contributed by atoms with Gasteiger partial charge in [0, 0.05) is 6.08 Å². The van der Waals surface area contributed by atoms with E-state index >= 15 is 0 Å². The molecule has 38 heavy (non-hydrogen) atoms. The number of esters is 1. The number of allylic oxidation sites excluding steroid dienone is 1. The number of hydrogen-bond donors (Lipinski definition) is 1. The third-order valence-electron chi connectivity index (χ3n) is 8.45. The maximum Gasteiger partial charge on any atom is 0.482 e. The molecule has 5 unspecified atom stereocenters. The second kappa shape index (κ2) is 10.2. The van der Waals surface area contributed by atoms with Crippen molar-refractivity contribution in [3.8, 4) is 5.75 Å². The lowest BCUT2D eigenvalue weighted by atomic mass is 9.43. The Morgan fingerprint density at radius 2 is 1.89 bits per heavy atom. The summed E-state index contributed by atoms with van der Waals surface area (Å²) in [6.45, 7) is 13.5. The molecule has 1 amide bonds. The van der Waals surface area contributed by atoms with E-state index in [1.54, 1.807) is 12.1 Å². The third kappa shape index (κ3) is 5.41. The maximum atomic E-state index is 12.9. The van der Waals surface area contributed by atoms with E-state index in [4.69, 9.17) is 18.8 Å². The molecule has 4 aliphatic rings. The Balaban J connectivity index is 1.63. The molecule has 2 bridgehead atoms. The van der Waals surface area contributed by atoms with Crippen molar-refractivity contribution >= 4 is 24.8 Å². The Morgan fingerprint density at radius 1 is 1.18 bits per heavy atom. The zero-order valence-electron chi connectivity index (χ0n) is 23.8. The van der Waals surface area contributed by atoms with Crippen LogP contribution in [0.15, 0.2) is 30.4 Å². The predicted octanol–water partition coefficient (Wildman–Crippen LogP) is 4.09. The number of hydrogen-bond acceptors (Lipinski definition) is 7. The van der Waals surface area contributed by atoms with Crippen LogP contribution in [0.2, 0.25) is 0 Å². The largest absolute Gasteiger partial charge is 0.496 e. The molecule has 5 atom stereocenters. The number of benzene rings is 1. The van der Waals surface area contributed by atoms with Gasteiger partial charge in [0.2, 0.25) is 5.91 Å². The number of ketones is 1. The van der Waals surface area contributed by atoms with Gasteiger partial charge in [-0.25, -0.2) is 4.79 Å². The fourth-order valence-corrected chi connectivity index (χ4v) is 6.43. The molecule has 3 aliphatic carbocycles. The van der Waals surface area contributed by atoms with Gasteiger partial charge < -0.3 is 24.1 Å². The average Bonchev–Trinajstić information content (AvgIpc) is 3.18.